The zero-order valence-electron chi connectivity index (χ0n) is 19.3. The molecule has 0 aliphatic carbocycles. The average molecular weight is 490 g/mol. The first-order chi connectivity index (χ1) is 14.6. The van der Waals surface area contributed by atoms with Gasteiger partial charge in [0.1, 0.15) is 17.3 Å². The van der Waals surface area contributed by atoms with Crippen LogP contribution in [0.2, 0.25) is 5.02 Å². The largest absolute Gasteiger partial charge is 1.00 e. The van der Waals surface area contributed by atoms with Gasteiger partial charge in [0.15, 0.2) is 0 Å². The smallest absolute Gasteiger partial charge is 0.870 e. The second-order valence-corrected chi connectivity index (χ2v) is 9.29. The maximum atomic E-state index is 13.2. The third kappa shape index (κ3) is 6.82. The van der Waals surface area contributed by atoms with Crippen molar-refractivity contribution in [3.63, 3.8) is 0 Å². The number of nitrogens with zero attached hydrogens (tertiary/aromatic N) is 1. The molecule has 170 valence electrons. The Balaban J connectivity index is 0.00000363. The van der Waals surface area contributed by atoms with Crippen molar-refractivity contribution >= 4 is 11.6 Å². The SMILES string of the molecule is COc1cc(OCCCN2CCC(O)(Cc3ccc(F)cc3)C(C)(C)C2)c([O-])cc1Cl.[K+]. The molecule has 3 rings (SSSR count). The van der Waals surface area contributed by atoms with Crippen LogP contribution in [0.15, 0.2) is 36.4 Å². The second-order valence-electron chi connectivity index (χ2n) is 8.88. The molecule has 1 aliphatic rings. The number of benzene rings is 2. The number of aliphatic hydroxyl groups is 1. The predicted molar refractivity (Wildman–Crippen MR) is 117 cm³/mol. The fourth-order valence-corrected chi connectivity index (χ4v) is 4.41. The Kier molecular flexibility index (Phi) is 10.3. The first-order valence-corrected chi connectivity index (χ1v) is 10.9. The van der Waals surface area contributed by atoms with Gasteiger partial charge in [-0.2, -0.15) is 0 Å². The molecule has 2 aromatic rings. The summed E-state index contributed by atoms with van der Waals surface area (Å²) in [7, 11) is 1.49. The summed E-state index contributed by atoms with van der Waals surface area (Å²) in [5.41, 5.74) is -0.243. The zero-order valence-corrected chi connectivity index (χ0v) is 23.2. The summed E-state index contributed by atoms with van der Waals surface area (Å²) in [5.74, 6) is 0.104. The monoisotopic (exact) mass is 489 g/mol. The van der Waals surface area contributed by atoms with Crippen LogP contribution in [0.4, 0.5) is 4.39 Å². The van der Waals surface area contributed by atoms with Gasteiger partial charge in [-0.25, -0.2) is 4.39 Å². The minimum atomic E-state index is -0.852. The van der Waals surface area contributed by atoms with Gasteiger partial charge in [0.05, 0.1) is 24.3 Å². The van der Waals surface area contributed by atoms with E-state index >= 15 is 0 Å². The Morgan fingerprint density at radius 3 is 2.50 bits per heavy atom. The van der Waals surface area contributed by atoms with Gasteiger partial charge in [0.2, 0.25) is 0 Å². The average Bonchev–Trinajstić information content (AvgIpc) is 2.71. The van der Waals surface area contributed by atoms with E-state index in [4.69, 9.17) is 21.1 Å². The van der Waals surface area contributed by atoms with E-state index in [1.165, 1.54) is 31.4 Å². The number of piperidine rings is 1. The molecule has 0 bridgehead atoms. The van der Waals surface area contributed by atoms with Gasteiger partial charge in [-0.1, -0.05) is 43.3 Å². The molecule has 8 heteroatoms. The van der Waals surface area contributed by atoms with Gasteiger partial charge in [0.25, 0.3) is 0 Å². The summed E-state index contributed by atoms with van der Waals surface area (Å²) in [6, 6.07) is 9.16. The summed E-state index contributed by atoms with van der Waals surface area (Å²) in [4.78, 5) is 2.31. The van der Waals surface area contributed by atoms with E-state index in [1.807, 2.05) is 0 Å². The van der Waals surface area contributed by atoms with Crippen LogP contribution < -0.4 is 66.0 Å². The van der Waals surface area contributed by atoms with Gasteiger partial charge >= 0.3 is 51.4 Å². The van der Waals surface area contributed by atoms with Gasteiger partial charge in [-0.05, 0) is 36.6 Å². The number of halogens is 2. The van der Waals surface area contributed by atoms with Crippen molar-refractivity contribution in [1.29, 1.82) is 0 Å². The van der Waals surface area contributed by atoms with Crippen LogP contribution in [0.25, 0.3) is 0 Å². The number of hydrogen-bond acceptors (Lipinski definition) is 5. The first-order valence-electron chi connectivity index (χ1n) is 10.5. The molecule has 0 saturated carbocycles. The molecule has 1 atom stereocenters. The molecule has 2 aromatic carbocycles. The molecule has 0 spiro atoms. The fraction of sp³-hybridized carbons (Fsp3) is 0.500. The quantitative estimate of drug-likeness (QED) is 0.443. The Morgan fingerprint density at radius 1 is 1.19 bits per heavy atom. The van der Waals surface area contributed by atoms with Crippen LogP contribution in [-0.4, -0.2) is 49.0 Å². The van der Waals surface area contributed by atoms with Gasteiger partial charge < -0.3 is 24.6 Å². The summed E-state index contributed by atoms with van der Waals surface area (Å²) in [5, 5.41) is 23.6. The van der Waals surface area contributed by atoms with E-state index in [2.05, 4.69) is 18.7 Å². The molecule has 1 saturated heterocycles. The molecule has 1 N–H and O–H groups in total. The molecule has 0 aromatic heterocycles. The van der Waals surface area contributed by atoms with Crippen LogP contribution in [0.5, 0.6) is 17.2 Å². The molecule has 1 fully saturated rings. The third-order valence-corrected chi connectivity index (χ3v) is 6.52. The molecule has 1 unspecified atom stereocenters. The van der Waals surface area contributed by atoms with E-state index in [9.17, 15) is 14.6 Å². The van der Waals surface area contributed by atoms with Gasteiger partial charge in [-0.15, -0.1) is 0 Å². The first kappa shape index (κ1) is 27.9. The summed E-state index contributed by atoms with van der Waals surface area (Å²) >= 11 is 5.95. The van der Waals surface area contributed by atoms with Crippen LogP contribution in [0.3, 0.4) is 0 Å². The minimum absolute atomic E-state index is 0. The summed E-state index contributed by atoms with van der Waals surface area (Å²) in [6.45, 7) is 6.85. The third-order valence-electron chi connectivity index (χ3n) is 6.22. The Hall–Kier alpha value is -0.384. The van der Waals surface area contributed by atoms with E-state index in [1.54, 1.807) is 12.1 Å². The maximum Gasteiger partial charge on any atom is 1.00 e. The number of likely N-dealkylation sites (tertiary alicyclic amines) is 1. The number of hydrogen-bond donors (Lipinski definition) is 1. The predicted octanol–water partition coefficient (Wildman–Crippen LogP) is 1.04. The van der Waals surface area contributed by atoms with Crippen LogP contribution in [0.1, 0.15) is 32.3 Å². The molecular formula is C24H30ClFKNO4. The maximum absolute atomic E-state index is 13.2. The minimum Gasteiger partial charge on any atom is -0.870 e. The molecule has 32 heavy (non-hydrogen) atoms. The number of ether oxygens (including phenoxy) is 2. The Morgan fingerprint density at radius 2 is 1.88 bits per heavy atom. The fourth-order valence-electron chi connectivity index (χ4n) is 4.18. The normalized spacial score (nSPS) is 20.4. The van der Waals surface area contributed by atoms with Crippen LogP contribution in [0, 0.1) is 11.2 Å². The molecular weight excluding hydrogens is 460 g/mol. The molecule has 0 radical (unpaired) electrons. The molecule has 1 aliphatic heterocycles. The van der Waals surface area contributed by atoms with Crippen molar-refractivity contribution in [2.24, 2.45) is 5.41 Å². The van der Waals surface area contributed by atoms with E-state index in [0.717, 1.165) is 31.6 Å². The van der Waals surface area contributed by atoms with Gasteiger partial charge in [0, 0.05) is 37.5 Å². The van der Waals surface area contributed by atoms with E-state index in [0.29, 0.717) is 25.2 Å². The molecule has 5 nitrogen and oxygen atoms in total. The van der Waals surface area contributed by atoms with Crippen molar-refractivity contribution in [3.05, 3.63) is 52.8 Å². The zero-order chi connectivity index (χ0) is 22.6. The van der Waals surface area contributed by atoms with Crippen molar-refractivity contribution in [1.82, 2.24) is 4.90 Å². The van der Waals surface area contributed by atoms with Crippen molar-refractivity contribution < 1.29 is 75.5 Å². The Bertz CT molecular complexity index is 896. The summed E-state index contributed by atoms with van der Waals surface area (Å²) < 4.78 is 24.0. The van der Waals surface area contributed by atoms with Crippen molar-refractivity contribution in [2.45, 2.75) is 38.7 Å². The standard InChI is InChI=1S/C24H31ClFNO4.K/c1-23(2)16-27(11-9-24(23,29)15-17-5-7-18(26)8-6-17)10-4-12-31-22-14-21(30-3)19(25)13-20(22)28;/h5-8,13-14,28-29H,4,9-12,15-16H2,1-3H3;/q;+1/p-1. The second kappa shape index (κ2) is 11.8. The van der Waals surface area contributed by atoms with Crippen LogP contribution in [-0.2, 0) is 6.42 Å². The van der Waals surface area contributed by atoms with Gasteiger partial charge in [-0.3, -0.25) is 0 Å². The van der Waals surface area contributed by atoms with Crippen LogP contribution >= 0.6 is 11.6 Å². The summed E-state index contributed by atoms with van der Waals surface area (Å²) in [6.07, 6.45) is 1.89. The van der Waals surface area contributed by atoms with Crippen molar-refractivity contribution in [3.8, 4) is 17.2 Å². The van der Waals surface area contributed by atoms with Crippen molar-refractivity contribution in [2.75, 3.05) is 33.4 Å². The molecule has 1 heterocycles. The van der Waals surface area contributed by atoms with E-state index < -0.39 is 5.60 Å². The topological polar surface area (TPSA) is 65.0 Å². The number of methoxy groups -OCH3 is 1. The number of rotatable bonds is 8. The van der Waals surface area contributed by atoms with E-state index in [-0.39, 0.29) is 79.1 Å². The Labute approximate surface area is 237 Å². The molecule has 0 amide bonds.